The normalized spacial score (nSPS) is 10.0. The maximum Gasteiger partial charge on any atom is 0.183 e. The maximum atomic E-state index is 5.18. The van der Waals surface area contributed by atoms with Gasteiger partial charge in [0.15, 0.2) is 5.16 Å². The molecule has 1 aromatic rings. The van der Waals surface area contributed by atoms with Crippen molar-refractivity contribution in [2.45, 2.75) is 5.16 Å². The first kappa shape index (κ1) is 9.28. The Morgan fingerprint density at radius 2 is 2.67 bits per heavy atom. The van der Waals surface area contributed by atoms with E-state index in [-0.39, 0.29) is 0 Å². The van der Waals surface area contributed by atoms with Crippen molar-refractivity contribution in [3.8, 4) is 0 Å². The summed E-state index contributed by atoms with van der Waals surface area (Å²) in [6, 6.07) is 0. The van der Waals surface area contributed by atoms with Gasteiger partial charge in [-0.15, -0.1) is 6.58 Å². The molecule has 1 aromatic heterocycles. The molecule has 4 nitrogen and oxygen atoms in total. The number of hydrogen-bond acceptors (Lipinski definition) is 4. The van der Waals surface area contributed by atoms with Crippen molar-refractivity contribution in [2.75, 3.05) is 19.0 Å². The van der Waals surface area contributed by atoms with E-state index in [2.05, 4.69) is 21.8 Å². The zero-order valence-electron chi connectivity index (χ0n) is 6.69. The van der Waals surface area contributed by atoms with E-state index >= 15 is 0 Å². The van der Waals surface area contributed by atoms with Crippen molar-refractivity contribution in [2.24, 2.45) is 0 Å². The molecular weight excluding hydrogens is 174 g/mol. The number of aromatic nitrogens is 3. The molecule has 0 spiro atoms. The monoisotopic (exact) mass is 185 g/mol. The number of rotatable bonds is 6. The average molecular weight is 185 g/mol. The van der Waals surface area contributed by atoms with E-state index in [1.807, 2.05) is 0 Å². The molecule has 0 saturated heterocycles. The first-order chi connectivity index (χ1) is 5.93. The zero-order chi connectivity index (χ0) is 8.65. The molecule has 0 unspecified atom stereocenters. The summed E-state index contributed by atoms with van der Waals surface area (Å²) in [6.45, 7) is 4.86. The largest absolute Gasteiger partial charge is 0.377 e. The van der Waals surface area contributed by atoms with Crippen LogP contribution in [0, 0.1) is 0 Å². The molecule has 0 amide bonds. The Kier molecular flexibility index (Phi) is 4.48. The van der Waals surface area contributed by atoms with Crippen LogP contribution in [-0.4, -0.2) is 34.1 Å². The van der Waals surface area contributed by atoms with Crippen LogP contribution in [0.2, 0.25) is 0 Å². The number of aromatic amines is 1. The third-order valence-corrected chi connectivity index (χ3v) is 1.94. The summed E-state index contributed by atoms with van der Waals surface area (Å²) < 4.78 is 5.18. The number of hydrogen-bond donors (Lipinski definition) is 1. The molecule has 0 bridgehead atoms. The fraction of sp³-hybridized carbons (Fsp3) is 0.429. The topological polar surface area (TPSA) is 50.8 Å². The summed E-state index contributed by atoms with van der Waals surface area (Å²) in [4.78, 5) is 3.95. The van der Waals surface area contributed by atoms with Gasteiger partial charge in [0.05, 0.1) is 13.2 Å². The van der Waals surface area contributed by atoms with Gasteiger partial charge in [-0.1, -0.05) is 17.8 Å². The molecule has 0 fully saturated rings. The average Bonchev–Trinajstić information content (AvgIpc) is 2.57. The van der Waals surface area contributed by atoms with Gasteiger partial charge >= 0.3 is 0 Å². The smallest absolute Gasteiger partial charge is 0.183 e. The third-order valence-electron chi connectivity index (χ3n) is 1.10. The number of nitrogens with one attached hydrogen (secondary N) is 1. The quantitative estimate of drug-likeness (QED) is 0.409. The minimum atomic E-state index is 0.608. The zero-order valence-corrected chi connectivity index (χ0v) is 7.51. The van der Waals surface area contributed by atoms with Gasteiger partial charge in [-0.3, -0.25) is 5.10 Å². The highest BCUT2D eigenvalue weighted by Crippen LogP contribution is 2.09. The Morgan fingerprint density at radius 3 is 3.33 bits per heavy atom. The molecule has 1 heterocycles. The molecule has 0 aliphatic carbocycles. The molecule has 0 aliphatic rings. The lowest BCUT2D eigenvalue weighted by Crippen LogP contribution is -1.96. The summed E-state index contributed by atoms with van der Waals surface area (Å²) >= 11 is 1.59. The molecule has 5 heteroatoms. The van der Waals surface area contributed by atoms with E-state index < -0.39 is 0 Å². The Hall–Kier alpha value is -0.810. The predicted octanol–water partition coefficient (Wildman–Crippen LogP) is 1.10. The summed E-state index contributed by atoms with van der Waals surface area (Å²) in [5, 5.41) is 7.31. The lowest BCUT2D eigenvalue weighted by atomic mass is 10.7. The van der Waals surface area contributed by atoms with E-state index in [4.69, 9.17) is 4.74 Å². The van der Waals surface area contributed by atoms with Crippen LogP contribution < -0.4 is 0 Å². The summed E-state index contributed by atoms with van der Waals surface area (Å²) in [6.07, 6.45) is 3.23. The Bertz CT molecular complexity index is 212. The van der Waals surface area contributed by atoms with Gasteiger partial charge in [0, 0.05) is 5.75 Å². The van der Waals surface area contributed by atoms with Gasteiger partial charge < -0.3 is 4.74 Å². The first-order valence-corrected chi connectivity index (χ1v) is 4.59. The van der Waals surface area contributed by atoms with E-state index in [1.165, 1.54) is 6.33 Å². The van der Waals surface area contributed by atoms with Crippen molar-refractivity contribution < 1.29 is 4.74 Å². The Balaban J connectivity index is 2.00. The van der Waals surface area contributed by atoms with Crippen LogP contribution in [0.5, 0.6) is 0 Å². The number of thioether (sulfide) groups is 1. The van der Waals surface area contributed by atoms with Crippen LogP contribution in [0.15, 0.2) is 24.1 Å². The van der Waals surface area contributed by atoms with Crippen LogP contribution in [0.4, 0.5) is 0 Å². The highest BCUT2D eigenvalue weighted by atomic mass is 32.2. The van der Waals surface area contributed by atoms with E-state index in [9.17, 15) is 0 Å². The molecule has 0 aromatic carbocycles. The molecule has 66 valence electrons. The molecule has 0 atom stereocenters. The lowest BCUT2D eigenvalue weighted by Gasteiger charge is -1.97. The minimum Gasteiger partial charge on any atom is -0.377 e. The molecule has 0 aliphatic heterocycles. The van der Waals surface area contributed by atoms with Crippen LogP contribution in [0.1, 0.15) is 0 Å². The van der Waals surface area contributed by atoms with Gasteiger partial charge in [0.1, 0.15) is 6.33 Å². The van der Waals surface area contributed by atoms with E-state index in [0.29, 0.717) is 13.2 Å². The fourth-order valence-corrected chi connectivity index (χ4v) is 1.26. The molecule has 1 rings (SSSR count). The summed E-state index contributed by atoms with van der Waals surface area (Å²) in [5.74, 6) is 0.878. The van der Waals surface area contributed by atoms with Gasteiger partial charge in [-0.25, -0.2) is 4.98 Å². The number of ether oxygens (including phenoxy) is 1. The second-order valence-corrected chi connectivity index (χ2v) is 3.09. The van der Waals surface area contributed by atoms with E-state index in [0.717, 1.165) is 10.9 Å². The van der Waals surface area contributed by atoms with Crippen molar-refractivity contribution in [3.63, 3.8) is 0 Å². The van der Waals surface area contributed by atoms with Crippen molar-refractivity contribution in [1.29, 1.82) is 0 Å². The Labute approximate surface area is 75.4 Å². The Morgan fingerprint density at radius 1 is 1.75 bits per heavy atom. The fourth-order valence-electron chi connectivity index (χ4n) is 0.628. The van der Waals surface area contributed by atoms with Crippen molar-refractivity contribution in [1.82, 2.24) is 15.2 Å². The highest BCUT2D eigenvalue weighted by Gasteiger charge is 1.94. The number of H-pyrrole nitrogens is 1. The summed E-state index contributed by atoms with van der Waals surface area (Å²) in [5.41, 5.74) is 0. The summed E-state index contributed by atoms with van der Waals surface area (Å²) in [7, 11) is 0. The van der Waals surface area contributed by atoms with Crippen molar-refractivity contribution in [3.05, 3.63) is 19.0 Å². The standard InChI is InChI=1S/C7H11N3OS/c1-2-3-11-4-5-12-7-8-6-9-10-7/h2,6H,1,3-5H2,(H,8,9,10). The van der Waals surface area contributed by atoms with Gasteiger partial charge in [0.25, 0.3) is 0 Å². The molecule has 0 saturated carbocycles. The van der Waals surface area contributed by atoms with Gasteiger partial charge in [-0.2, -0.15) is 5.10 Å². The molecule has 1 N–H and O–H groups in total. The second kappa shape index (κ2) is 5.79. The first-order valence-electron chi connectivity index (χ1n) is 3.60. The van der Waals surface area contributed by atoms with Gasteiger partial charge in [0.2, 0.25) is 0 Å². The molecule has 0 radical (unpaired) electrons. The molecular formula is C7H11N3OS. The van der Waals surface area contributed by atoms with Gasteiger partial charge in [-0.05, 0) is 0 Å². The minimum absolute atomic E-state index is 0.608. The highest BCUT2D eigenvalue weighted by molar-refractivity contribution is 7.99. The third kappa shape index (κ3) is 3.54. The predicted molar refractivity (Wildman–Crippen MR) is 48.1 cm³/mol. The molecule has 12 heavy (non-hydrogen) atoms. The second-order valence-electron chi connectivity index (χ2n) is 2.00. The van der Waals surface area contributed by atoms with Crippen LogP contribution >= 0.6 is 11.8 Å². The van der Waals surface area contributed by atoms with Crippen LogP contribution in [0.25, 0.3) is 0 Å². The number of nitrogens with zero attached hydrogens (tertiary/aromatic N) is 2. The van der Waals surface area contributed by atoms with Crippen LogP contribution in [-0.2, 0) is 4.74 Å². The lowest BCUT2D eigenvalue weighted by molar-refractivity contribution is 0.180. The van der Waals surface area contributed by atoms with Crippen molar-refractivity contribution >= 4 is 11.8 Å². The van der Waals surface area contributed by atoms with Crippen LogP contribution in [0.3, 0.4) is 0 Å². The maximum absolute atomic E-state index is 5.18. The van der Waals surface area contributed by atoms with E-state index in [1.54, 1.807) is 17.8 Å². The SMILES string of the molecule is C=CCOCCSc1ncn[nH]1.